The second kappa shape index (κ2) is 4.76. The fraction of sp³-hybridized carbons (Fsp3) is 0.385. The van der Waals surface area contributed by atoms with Crippen LogP contribution in [0.1, 0.15) is 28.8 Å². The van der Waals surface area contributed by atoms with Crippen LogP contribution < -0.4 is 0 Å². The molecule has 0 unspecified atom stereocenters. The summed E-state index contributed by atoms with van der Waals surface area (Å²) >= 11 is 0. The molecule has 1 saturated heterocycles. The van der Waals surface area contributed by atoms with E-state index in [1.165, 1.54) is 17.0 Å². The molecule has 1 heterocycles. The van der Waals surface area contributed by atoms with Gasteiger partial charge in [-0.2, -0.15) is 0 Å². The zero-order valence-electron chi connectivity index (χ0n) is 10.0. The van der Waals surface area contributed by atoms with Crippen molar-refractivity contribution in [1.29, 1.82) is 0 Å². The van der Waals surface area contributed by atoms with Crippen LogP contribution >= 0.6 is 0 Å². The number of rotatable bonds is 2. The van der Waals surface area contributed by atoms with Crippen molar-refractivity contribution in [3.8, 4) is 0 Å². The van der Waals surface area contributed by atoms with Crippen LogP contribution in [-0.2, 0) is 4.79 Å². The summed E-state index contributed by atoms with van der Waals surface area (Å²) < 4.78 is 13.4. The molecule has 1 aliphatic heterocycles. The molecule has 1 atom stereocenters. The van der Waals surface area contributed by atoms with Gasteiger partial charge in [-0.1, -0.05) is 6.07 Å². The average Bonchev–Trinajstić information content (AvgIpc) is 2.81. The van der Waals surface area contributed by atoms with Crippen molar-refractivity contribution in [1.82, 2.24) is 4.90 Å². The molecule has 0 aromatic heterocycles. The van der Waals surface area contributed by atoms with E-state index < -0.39 is 23.7 Å². The van der Waals surface area contributed by atoms with Crippen LogP contribution in [0.5, 0.6) is 0 Å². The smallest absolute Gasteiger partial charge is 0.326 e. The Balaban J connectivity index is 2.25. The minimum Gasteiger partial charge on any atom is -0.480 e. The number of hydrogen-bond acceptors (Lipinski definition) is 2. The predicted molar refractivity (Wildman–Crippen MR) is 62.8 cm³/mol. The zero-order chi connectivity index (χ0) is 13.3. The molecular formula is C13H14FNO3. The van der Waals surface area contributed by atoms with E-state index in [0.29, 0.717) is 24.9 Å². The minimum absolute atomic E-state index is 0.200. The second-order valence-corrected chi connectivity index (χ2v) is 4.46. The van der Waals surface area contributed by atoms with Crippen molar-refractivity contribution in [2.75, 3.05) is 6.54 Å². The first-order valence-corrected chi connectivity index (χ1v) is 5.80. The molecule has 0 bridgehead atoms. The summed E-state index contributed by atoms with van der Waals surface area (Å²) in [6, 6.07) is 3.42. The summed E-state index contributed by atoms with van der Waals surface area (Å²) in [5, 5.41) is 9.01. The van der Waals surface area contributed by atoms with E-state index in [4.69, 9.17) is 5.11 Å². The van der Waals surface area contributed by atoms with Gasteiger partial charge in [0.05, 0.1) is 0 Å². The SMILES string of the molecule is Cc1ccc(C(=O)N2CCC[C@H]2C(=O)O)cc1F. The van der Waals surface area contributed by atoms with Crippen molar-refractivity contribution < 1.29 is 19.1 Å². The summed E-state index contributed by atoms with van der Waals surface area (Å²) in [5.74, 6) is -1.88. The number of amides is 1. The van der Waals surface area contributed by atoms with E-state index in [1.807, 2.05) is 0 Å². The highest BCUT2D eigenvalue weighted by molar-refractivity contribution is 5.97. The summed E-state index contributed by atoms with van der Waals surface area (Å²) in [5.41, 5.74) is 0.661. The molecule has 5 heteroatoms. The van der Waals surface area contributed by atoms with E-state index >= 15 is 0 Å². The van der Waals surface area contributed by atoms with Crippen molar-refractivity contribution in [2.24, 2.45) is 0 Å². The molecule has 4 nitrogen and oxygen atoms in total. The minimum atomic E-state index is -1.01. The number of aliphatic carboxylic acids is 1. The Kier molecular flexibility index (Phi) is 3.32. The van der Waals surface area contributed by atoms with Crippen LogP contribution in [0.4, 0.5) is 4.39 Å². The largest absolute Gasteiger partial charge is 0.480 e. The number of aryl methyl sites for hydroxylation is 1. The Morgan fingerprint density at radius 1 is 1.44 bits per heavy atom. The predicted octanol–water partition coefficient (Wildman–Crippen LogP) is 1.82. The number of carboxylic acid groups (broad SMARTS) is 1. The van der Waals surface area contributed by atoms with Crippen LogP contribution in [0.25, 0.3) is 0 Å². The van der Waals surface area contributed by atoms with Gasteiger partial charge in [-0.25, -0.2) is 9.18 Å². The fourth-order valence-corrected chi connectivity index (χ4v) is 2.16. The molecular weight excluding hydrogens is 237 g/mol. The quantitative estimate of drug-likeness (QED) is 0.872. The van der Waals surface area contributed by atoms with Gasteiger partial charge in [-0.05, 0) is 37.5 Å². The van der Waals surface area contributed by atoms with Gasteiger partial charge in [0.2, 0.25) is 0 Å². The lowest BCUT2D eigenvalue weighted by Gasteiger charge is -2.21. The van der Waals surface area contributed by atoms with E-state index in [0.717, 1.165) is 6.07 Å². The molecule has 96 valence electrons. The van der Waals surface area contributed by atoms with Crippen molar-refractivity contribution in [3.05, 3.63) is 35.1 Å². The Bertz CT molecular complexity index is 501. The summed E-state index contributed by atoms with van der Waals surface area (Å²) in [4.78, 5) is 24.4. The summed E-state index contributed by atoms with van der Waals surface area (Å²) in [6.07, 6.45) is 1.12. The van der Waals surface area contributed by atoms with Gasteiger partial charge in [-0.15, -0.1) is 0 Å². The van der Waals surface area contributed by atoms with Crippen molar-refractivity contribution in [3.63, 3.8) is 0 Å². The molecule has 1 aromatic carbocycles. The Hall–Kier alpha value is -1.91. The third-order valence-electron chi connectivity index (χ3n) is 3.22. The number of likely N-dealkylation sites (tertiary alicyclic amines) is 1. The van der Waals surface area contributed by atoms with Crippen LogP contribution in [-0.4, -0.2) is 34.5 Å². The number of carboxylic acids is 1. The molecule has 18 heavy (non-hydrogen) atoms. The molecule has 0 aliphatic carbocycles. The highest BCUT2D eigenvalue weighted by Gasteiger charge is 2.34. The molecule has 1 N–H and O–H groups in total. The average molecular weight is 251 g/mol. The maximum atomic E-state index is 13.4. The molecule has 0 saturated carbocycles. The Labute approximate surface area is 104 Å². The van der Waals surface area contributed by atoms with Crippen LogP contribution in [0.2, 0.25) is 0 Å². The highest BCUT2D eigenvalue weighted by Crippen LogP contribution is 2.21. The van der Waals surface area contributed by atoms with Crippen LogP contribution in [0, 0.1) is 12.7 Å². The normalized spacial score (nSPS) is 19.0. The monoisotopic (exact) mass is 251 g/mol. The molecule has 1 amide bonds. The van der Waals surface area contributed by atoms with E-state index in [9.17, 15) is 14.0 Å². The number of halogens is 1. The van der Waals surface area contributed by atoms with E-state index in [2.05, 4.69) is 0 Å². The highest BCUT2D eigenvalue weighted by atomic mass is 19.1. The first-order valence-electron chi connectivity index (χ1n) is 5.80. The van der Waals surface area contributed by atoms with Gasteiger partial charge in [-0.3, -0.25) is 4.79 Å². The number of carbonyl (C=O) groups excluding carboxylic acids is 1. The molecule has 1 aromatic rings. The molecule has 1 fully saturated rings. The maximum Gasteiger partial charge on any atom is 0.326 e. The summed E-state index contributed by atoms with van der Waals surface area (Å²) in [7, 11) is 0. The van der Waals surface area contributed by atoms with Crippen LogP contribution in [0.3, 0.4) is 0 Å². The topological polar surface area (TPSA) is 57.6 Å². The lowest BCUT2D eigenvalue weighted by atomic mass is 10.1. The molecule has 0 spiro atoms. The van der Waals surface area contributed by atoms with Gasteiger partial charge in [0, 0.05) is 12.1 Å². The zero-order valence-corrected chi connectivity index (χ0v) is 10.0. The third-order valence-corrected chi connectivity index (χ3v) is 3.22. The summed E-state index contributed by atoms with van der Waals surface area (Å²) in [6.45, 7) is 2.02. The Morgan fingerprint density at radius 2 is 2.17 bits per heavy atom. The fourth-order valence-electron chi connectivity index (χ4n) is 2.16. The third kappa shape index (κ3) is 2.20. The van der Waals surface area contributed by atoms with Crippen molar-refractivity contribution >= 4 is 11.9 Å². The number of carbonyl (C=O) groups is 2. The van der Waals surface area contributed by atoms with Gasteiger partial charge in [0.1, 0.15) is 11.9 Å². The standard InChI is InChI=1S/C13H14FNO3/c1-8-4-5-9(7-10(8)14)12(16)15-6-2-3-11(15)13(17)18/h4-5,7,11H,2-3,6H2,1H3,(H,17,18)/t11-/m0/s1. The van der Waals surface area contributed by atoms with Crippen molar-refractivity contribution in [2.45, 2.75) is 25.8 Å². The number of nitrogens with zero attached hydrogens (tertiary/aromatic N) is 1. The van der Waals surface area contributed by atoms with E-state index in [1.54, 1.807) is 6.92 Å². The second-order valence-electron chi connectivity index (χ2n) is 4.46. The van der Waals surface area contributed by atoms with Gasteiger partial charge in [0.25, 0.3) is 5.91 Å². The molecule has 2 rings (SSSR count). The van der Waals surface area contributed by atoms with Gasteiger partial charge in [0.15, 0.2) is 0 Å². The molecule has 1 aliphatic rings. The maximum absolute atomic E-state index is 13.4. The first-order chi connectivity index (χ1) is 8.50. The first kappa shape index (κ1) is 12.5. The lowest BCUT2D eigenvalue weighted by Crippen LogP contribution is -2.40. The number of benzene rings is 1. The lowest BCUT2D eigenvalue weighted by molar-refractivity contribution is -0.141. The van der Waals surface area contributed by atoms with Crippen LogP contribution in [0.15, 0.2) is 18.2 Å². The Morgan fingerprint density at radius 3 is 2.78 bits per heavy atom. The van der Waals surface area contributed by atoms with Gasteiger partial charge < -0.3 is 10.0 Å². The number of hydrogen-bond donors (Lipinski definition) is 1. The molecule has 0 radical (unpaired) electrons. The van der Waals surface area contributed by atoms with Gasteiger partial charge >= 0.3 is 5.97 Å². The van der Waals surface area contributed by atoms with E-state index in [-0.39, 0.29) is 5.56 Å².